The minimum Gasteiger partial charge on any atom is -0.308 e. The summed E-state index contributed by atoms with van der Waals surface area (Å²) in [6.45, 7) is 4.11. The lowest BCUT2D eigenvalue weighted by Crippen LogP contribution is -2.06. The number of aryl methyl sites for hydroxylation is 2. The van der Waals surface area contributed by atoms with Crippen molar-refractivity contribution < 1.29 is 13.2 Å². The van der Waals surface area contributed by atoms with Crippen molar-refractivity contribution in [1.82, 2.24) is 14.5 Å². The molecule has 0 radical (unpaired) electrons. The summed E-state index contributed by atoms with van der Waals surface area (Å²) >= 11 is 0. The Bertz CT molecular complexity index is 2820. The van der Waals surface area contributed by atoms with Crippen molar-refractivity contribution in [2.24, 2.45) is 0 Å². The molecule has 0 aliphatic heterocycles. The van der Waals surface area contributed by atoms with Crippen LogP contribution in [0, 0.1) is 13.8 Å². The van der Waals surface area contributed by atoms with Crippen LogP contribution in [0.3, 0.4) is 0 Å². The van der Waals surface area contributed by atoms with Gasteiger partial charge in [-0.05, 0) is 73.5 Å². The minimum absolute atomic E-state index is 0.432. The lowest BCUT2D eigenvalue weighted by atomic mass is 9.91. The van der Waals surface area contributed by atoms with E-state index in [1.54, 1.807) is 6.07 Å². The number of benzene rings is 7. The molecule has 7 aromatic carbocycles. The van der Waals surface area contributed by atoms with Gasteiger partial charge in [0.15, 0.2) is 5.82 Å². The Morgan fingerprint density at radius 1 is 0.436 bits per heavy atom. The van der Waals surface area contributed by atoms with Gasteiger partial charge in [-0.1, -0.05) is 132 Å². The first-order valence-corrected chi connectivity index (χ1v) is 18.1. The quantitative estimate of drug-likeness (QED) is 0.171. The van der Waals surface area contributed by atoms with Gasteiger partial charge in [-0.2, -0.15) is 13.2 Å². The van der Waals surface area contributed by atoms with Gasteiger partial charge in [-0.25, -0.2) is 9.97 Å². The van der Waals surface area contributed by atoms with Gasteiger partial charge in [-0.15, -0.1) is 0 Å². The molecule has 0 spiro atoms. The Hall–Kier alpha value is -6.79. The zero-order valence-corrected chi connectivity index (χ0v) is 30.1. The summed E-state index contributed by atoms with van der Waals surface area (Å²) in [5.41, 5.74) is 11.0. The number of hydrogen-bond acceptors (Lipinski definition) is 2. The van der Waals surface area contributed by atoms with Crippen molar-refractivity contribution >= 4 is 21.8 Å². The van der Waals surface area contributed by atoms with Crippen LogP contribution in [-0.4, -0.2) is 14.5 Å². The van der Waals surface area contributed by atoms with Gasteiger partial charge in [0.1, 0.15) is 0 Å². The average Bonchev–Trinajstić information content (AvgIpc) is 3.53. The molecule has 2 heterocycles. The predicted octanol–water partition coefficient (Wildman–Crippen LogP) is 13.5. The van der Waals surface area contributed by atoms with Crippen LogP contribution in [0.4, 0.5) is 13.2 Å². The number of nitrogens with zero attached hydrogens (tertiary/aromatic N) is 3. The first kappa shape index (κ1) is 34.0. The molecule has 0 unspecified atom stereocenters. The molecule has 0 fully saturated rings. The summed E-state index contributed by atoms with van der Waals surface area (Å²) in [5.74, 6) is 0.465. The van der Waals surface area contributed by atoms with E-state index in [1.165, 1.54) is 12.1 Å². The van der Waals surface area contributed by atoms with Crippen molar-refractivity contribution in [2.45, 2.75) is 20.0 Å². The molecule has 6 heteroatoms. The fourth-order valence-corrected chi connectivity index (χ4v) is 7.54. The summed E-state index contributed by atoms with van der Waals surface area (Å²) in [6, 6.07) is 54.3. The van der Waals surface area contributed by atoms with Gasteiger partial charge < -0.3 is 4.57 Å². The third kappa shape index (κ3) is 6.36. The molecule has 0 N–H and O–H groups in total. The molecular formula is C49H34F3N3. The van der Waals surface area contributed by atoms with Crippen molar-refractivity contribution in [3.63, 3.8) is 0 Å². The van der Waals surface area contributed by atoms with E-state index in [1.807, 2.05) is 104 Å². The number of halogens is 3. The fraction of sp³-hybridized carbons (Fsp3) is 0.0612. The van der Waals surface area contributed by atoms with Crippen molar-refractivity contribution in [3.8, 4) is 61.8 Å². The highest BCUT2D eigenvalue weighted by atomic mass is 19.4. The van der Waals surface area contributed by atoms with Crippen LogP contribution in [0.15, 0.2) is 170 Å². The Labute approximate surface area is 317 Å². The van der Waals surface area contributed by atoms with E-state index in [-0.39, 0.29) is 0 Å². The van der Waals surface area contributed by atoms with Crippen molar-refractivity contribution in [1.29, 1.82) is 0 Å². The number of alkyl halides is 3. The maximum Gasteiger partial charge on any atom is 0.416 e. The molecule has 0 bridgehead atoms. The summed E-state index contributed by atoms with van der Waals surface area (Å²) in [7, 11) is 0. The van der Waals surface area contributed by atoms with Gasteiger partial charge in [0.25, 0.3) is 0 Å². The Morgan fingerprint density at radius 3 is 1.62 bits per heavy atom. The second kappa shape index (κ2) is 13.6. The van der Waals surface area contributed by atoms with E-state index in [0.29, 0.717) is 22.5 Å². The van der Waals surface area contributed by atoms with E-state index in [0.717, 1.165) is 78.3 Å². The normalized spacial score (nSPS) is 11.7. The van der Waals surface area contributed by atoms with E-state index >= 15 is 0 Å². The number of para-hydroxylation sites is 1. The molecule has 0 saturated heterocycles. The number of fused-ring (bicyclic) bond motifs is 3. The Kier molecular flexibility index (Phi) is 8.39. The summed E-state index contributed by atoms with van der Waals surface area (Å²) in [6.07, 6.45) is -4.53. The molecule has 55 heavy (non-hydrogen) atoms. The molecule has 2 aromatic heterocycles. The van der Waals surface area contributed by atoms with Crippen LogP contribution in [-0.2, 0) is 6.18 Å². The zero-order valence-electron chi connectivity index (χ0n) is 30.1. The highest BCUT2D eigenvalue weighted by Gasteiger charge is 2.31. The molecule has 0 aliphatic rings. The van der Waals surface area contributed by atoms with Crippen molar-refractivity contribution in [3.05, 3.63) is 187 Å². The largest absolute Gasteiger partial charge is 0.416 e. The first-order chi connectivity index (χ1) is 26.7. The highest BCUT2D eigenvalue weighted by Crippen LogP contribution is 2.45. The standard InChI is InChI=1S/C49H34F3N3/c1-31-13-11-18-35(25-31)40-28-37(48-53-43(33-14-5-3-6-15-33)30-44(54-48)34-16-7-4-8-17-34)29-41(36-19-12-20-38(27-36)49(50,51)52)47(40)55-45-22-10-9-21-39(45)42-26-32(2)23-24-46(42)55/h3-30H,1-2H3. The van der Waals surface area contributed by atoms with Gasteiger partial charge in [-0.3, -0.25) is 0 Å². The monoisotopic (exact) mass is 721 g/mol. The topological polar surface area (TPSA) is 30.7 Å². The first-order valence-electron chi connectivity index (χ1n) is 18.1. The molecule has 3 nitrogen and oxygen atoms in total. The van der Waals surface area contributed by atoms with Crippen molar-refractivity contribution in [2.75, 3.05) is 0 Å². The fourth-order valence-electron chi connectivity index (χ4n) is 7.54. The second-order valence-corrected chi connectivity index (χ2v) is 13.9. The molecule has 266 valence electrons. The average molecular weight is 722 g/mol. The van der Waals surface area contributed by atoms with Crippen LogP contribution in [0.1, 0.15) is 16.7 Å². The van der Waals surface area contributed by atoms with Gasteiger partial charge in [0.05, 0.1) is 33.7 Å². The maximum atomic E-state index is 14.4. The van der Waals surface area contributed by atoms with Gasteiger partial charge in [0.2, 0.25) is 0 Å². The SMILES string of the molecule is Cc1cccc(-c2cc(-c3nc(-c4ccccc4)cc(-c4ccccc4)n3)cc(-c3cccc(C(F)(F)F)c3)c2-n2c3ccccc3c3cc(C)ccc32)c1. The summed E-state index contributed by atoms with van der Waals surface area (Å²) in [4.78, 5) is 10.3. The number of rotatable bonds is 6. The maximum absolute atomic E-state index is 14.4. The molecule has 9 aromatic rings. The number of aromatic nitrogens is 3. The van der Waals surface area contributed by atoms with E-state index in [2.05, 4.69) is 60.0 Å². The smallest absolute Gasteiger partial charge is 0.308 e. The summed E-state index contributed by atoms with van der Waals surface area (Å²) < 4.78 is 45.5. The Balaban J connectivity index is 1.43. The van der Waals surface area contributed by atoms with Crippen LogP contribution in [0.5, 0.6) is 0 Å². The van der Waals surface area contributed by atoms with E-state index in [4.69, 9.17) is 9.97 Å². The van der Waals surface area contributed by atoms with Crippen LogP contribution < -0.4 is 0 Å². The predicted molar refractivity (Wildman–Crippen MR) is 218 cm³/mol. The van der Waals surface area contributed by atoms with Gasteiger partial charge in [0, 0.05) is 38.6 Å². The molecule has 0 aliphatic carbocycles. The molecule has 9 rings (SSSR count). The highest BCUT2D eigenvalue weighted by molar-refractivity contribution is 6.11. The molecule has 0 atom stereocenters. The third-order valence-electron chi connectivity index (χ3n) is 10.1. The zero-order chi connectivity index (χ0) is 37.7. The third-order valence-corrected chi connectivity index (χ3v) is 10.1. The molecular weight excluding hydrogens is 688 g/mol. The van der Waals surface area contributed by atoms with Crippen LogP contribution in [0.25, 0.3) is 83.6 Å². The minimum atomic E-state index is -4.53. The summed E-state index contributed by atoms with van der Waals surface area (Å²) in [5, 5.41) is 2.12. The lowest BCUT2D eigenvalue weighted by Gasteiger charge is -2.22. The lowest BCUT2D eigenvalue weighted by molar-refractivity contribution is -0.137. The van der Waals surface area contributed by atoms with Crippen LogP contribution in [0.2, 0.25) is 0 Å². The van der Waals surface area contributed by atoms with Crippen LogP contribution >= 0.6 is 0 Å². The Morgan fingerprint density at radius 2 is 0.982 bits per heavy atom. The van der Waals surface area contributed by atoms with E-state index in [9.17, 15) is 13.2 Å². The molecule has 0 saturated carbocycles. The van der Waals surface area contributed by atoms with Gasteiger partial charge >= 0.3 is 6.18 Å². The number of hydrogen-bond donors (Lipinski definition) is 0. The molecule has 0 amide bonds. The van der Waals surface area contributed by atoms with E-state index < -0.39 is 11.7 Å². The second-order valence-electron chi connectivity index (χ2n) is 13.9.